The third-order valence-electron chi connectivity index (χ3n) is 2.20. The van der Waals surface area contributed by atoms with Gasteiger partial charge in [-0.25, -0.2) is 4.98 Å². The van der Waals surface area contributed by atoms with Crippen molar-refractivity contribution >= 4 is 0 Å². The highest BCUT2D eigenvalue weighted by Gasteiger charge is 2.18. The van der Waals surface area contributed by atoms with Gasteiger partial charge in [0.05, 0.1) is 30.8 Å². The molecule has 1 aromatic rings. The van der Waals surface area contributed by atoms with Crippen LogP contribution in [0.4, 0.5) is 0 Å². The van der Waals surface area contributed by atoms with Crippen LogP contribution in [0, 0.1) is 0 Å². The standard InChI is InChI=1S/C12H21N3O/c1-10(2)8-16-6-5-15-9-14-7-11(15)12(3,4)13/h7,9H,1,5-6,8,13H2,2-4H3. The predicted molar refractivity (Wildman–Crippen MR) is 65.1 cm³/mol. The van der Waals surface area contributed by atoms with Crippen LogP contribution in [0.2, 0.25) is 0 Å². The topological polar surface area (TPSA) is 53.1 Å². The average molecular weight is 223 g/mol. The number of aromatic nitrogens is 2. The van der Waals surface area contributed by atoms with Crippen LogP contribution < -0.4 is 5.73 Å². The molecule has 0 aromatic carbocycles. The van der Waals surface area contributed by atoms with Gasteiger partial charge in [0.1, 0.15) is 0 Å². The Balaban J connectivity index is 2.49. The molecule has 0 saturated carbocycles. The van der Waals surface area contributed by atoms with Gasteiger partial charge in [-0.1, -0.05) is 12.2 Å². The number of nitrogens with zero attached hydrogens (tertiary/aromatic N) is 2. The first-order valence-electron chi connectivity index (χ1n) is 5.43. The van der Waals surface area contributed by atoms with E-state index in [4.69, 9.17) is 10.5 Å². The Kier molecular flexibility index (Phi) is 4.26. The van der Waals surface area contributed by atoms with Gasteiger partial charge in [0.15, 0.2) is 0 Å². The summed E-state index contributed by atoms with van der Waals surface area (Å²) < 4.78 is 7.47. The second-order valence-corrected chi connectivity index (χ2v) is 4.70. The van der Waals surface area contributed by atoms with Gasteiger partial charge < -0.3 is 15.0 Å². The smallest absolute Gasteiger partial charge is 0.0949 e. The van der Waals surface area contributed by atoms with E-state index in [0.717, 1.165) is 17.8 Å². The highest BCUT2D eigenvalue weighted by molar-refractivity contribution is 5.09. The molecule has 0 unspecified atom stereocenters. The maximum Gasteiger partial charge on any atom is 0.0949 e. The van der Waals surface area contributed by atoms with Crippen molar-refractivity contribution in [3.63, 3.8) is 0 Å². The van der Waals surface area contributed by atoms with Crippen molar-refractivity contribution in [1.82, 2.24) is 9.55 Å². The Morgan fingerprint density at radius 1 is 1.62 bits per heavy atom. The van der Waals surface area contributed by atoms with E-state index in [1.807, 2.05) is 25.3 Å². The lowest BCUT2D eigenvalue weighted by molar-refractivity contribution is 0.146. The van der Waals surface area contributed by atoms with Crippen LogP contribution in [0.1, 0.15) is 26.5 Å². The Bertz CT molecular complexity index is 349. The summed E-state index contributed by atoms with van der Waals surface area (Å²) in [4.78, 5) is 4.11. The van der Waals surface area contributed by atoms with Gasteiger partial charge in [-0.3, -0.25) is 0 Å². The minimum atomic E-state index is -0.370. The first-order valence-corrected chi connectivity index (χ1v) is 5.43. The summed E-state index contributed by atoms with van der Waals surface area (Å²) in [6, 6.07) is 0. The van der Waals surface area contributed by atoms with Crippen molar-refractivity contribution in [3.8, 4) is 0 Å². The maximum atomic E-state index is 6.04. The first kappa shape index (κ1) is 12.9. The van der Waals surface area contributed by atoms with Gasteiger partial charge >= 0.3 is 0 Å². The molecule has 0 atom stereocenters. The highest BCUT2D eigenvalue weighted by Crippen LogP contribution is 2.15. The van der Waals surface area contributed by atoms with Gasteiger partial charge in [-0.05, 0) is 20.8 Å². The third kappa shape index (κ3) is 3.79. The number of hydrogen-bond acceptors (Lipinski definition) is 3. The van der Waals surface area contributed by atoms with Crippen LogP contribution >= 0.6 is 0 Å². The molecule has 0 spiro atoms. The van der Waals surface area contributed by atoms with Gasteiger partial charge in [0.25, 0.3) is 0 Å². The van der Waals surface area contributed by atoms with E-state index in [-0.39, 0.29) is 5.54 Å². The molecule has 2 N–H and O–H groups in total. The zero-order valence-electron chi connectivity index (χ0n) is 10.4. The summed E-state index contributed by atoms with van der Waals surface area (Å²) >= 11 is 0. The van der Waals surface area contributed by atoms with E-state index in [9.17, 15) is 0 Å². The molecule has 0 bridgehead atoms. The van der Waals surface area contributed by atoms with Gasteiger partial charge in [0, 0.05) is 12.7 Å². The van der Waals surface area contributed by atoms with Crippen molar-refractivity contribution < 1.29 is 4.74 Å². The molecule has 16 heavy (non-hydrogen) atoms. The minimum absolute atomic E-state index is 0.370. The highest BCUT2D eigenvalue weighted by atomic mass is 16.5. The third-order valence-corrected chi connectivity index (χ3v) is 2.20. The minimum Gasteiger partial charge on any atom is -0.375 e. The largest absolute Gasteiger partial charge is 0.375 e. The molecule has 1 rings (SSSR count). The molecule has 4 heteroatoms. The molecule has 1 heterocycles. The van der Waals surface area contributed by atoms with E-state index >= 15 is 0 Å². The number of ether oxygens (including phenoxy) is 1. The molecule has 4 nitrogen and oxygen atoms in total. The van der Waals surface area contributed by atoms with Crippen LogP contribution in [0.15, 0.2) is 24.7 Å². The number of hydrogen-bond donors (Lipinski definition) is 1. The zero-order chi connectivity index (χ0) is 12.2. The fourth-order valence-electron chi connectivity index (χ4n) is 1.44. The Morgan fingerprint density at radius 3 is 2.88 bits per heavy atom. The van der Waals surface area contributed by atoms with E-state index in [0.29, 0.717) is 13.2 Å². The van der Waals surface area contributed by atoms with Crippen LogP contribution in [0.3, 0.4) is 0 Å². The van der Waals surface area contributed by atoms with Gasteiger partial charge in [-0.15, -0.1) is 0 Å². The molecular weight excluding hydrogens is 202 g/mol. The van der Waals surface area contributed by atoms with Crippen LogP contribution in [-0.2, 0) is 16.8 Å². The number of imidazole rings is 1. The lowest BCUT2D eigenvalue weighted by atomic mass is 10.0. The Labute approximate surface area is 97.1 Å². The second kappa shape index (κ2) is 5.27. The molecular formula is C12H21N3O. The van der Waals surface area contributed by atoms with E-state index in [2.05, 4.69) is 11.6 Å². The van der Waals surface area contributed by atoms with Crippen LogP contribution in [-0.4, -0.2) is 22.8 Å². The monoisotopic (exact) mass is 223 g/mol. The van der Waals surface area contributed by atoms with Crippen molar-refractivity contribution in [2.75, 3.05) is 13.2 Å². The fourth-order valence-corrected chi connectivity index (χ4v) is 1.44. The zero-order valence-corrected chi connectivity index (χ0v) is 10.4. The number of nitrogens with two attached hydrogens (primary N) is 1. The van der Waals surface area contributed by atoms with E-state index in [1.165, 1.54) is 0 Å². The molecule has 0 radical (unpaired) electrons. The predicted octanol–water partition coefficient (Wildman–Crippen LogP) is 1.67. The molecule has 0 amide bonds. The summed E-state index contributed by atoms with van der Waals surface area (Å²) in [6.45, 7) is 11.7. The molecule has 0 fully saturated rings. The average Bonchev–Trinajstić information content (AvgIpc) is 2.59. The van der Waals surface area contributed by atoms with Crippen molar-refractivity contribution in [3.05, 3.63) is 30.4 Å². The Hall–Kier alpha value is -1.13. The lowest BCUT2D eigenvalue weighted by Crippen LogP contribution is -2.32. The summed E-state index contributed by atoms with van der Waals surface area (Å²) in [5, 5.41) is 0. The van der Waals surface area contributed by atoms with E-state index < -0.39 is 0 Å². The summed E-state index contributed by atoms with van der Waals surface area (Å²) in [5.74, 6) is 0. The molecule has 90 valence electrons. The quantitative estimate of drug-likeness (QED) is 0.589. The number of rotatable bonds is 6. The summed E-state index contributed by atoms with van der Waals surface area (Å²) in [6.07, 6.45) is 3.59. The molecule has 0 aliphatic heterocycles. The first-order chi connectivity index (χ1) is 7.41. The normalized spacial score (nSPS) is 11.8. The SMILES string of the molecule is C=C(C)COCCn1cncc1C(C)(C)N. The second-order valence-electron chi connectivity index (χ2n) is 4.70. The van der Waals surface area contributed by atoms with Crippen molar-refractivity contribution in [1.29, 1.82) is 0 Å². The molecule has 1 aromatic heterocycles. The molecule has 0 saturated heterocycles. The van der Waals surface area contributed by atoms with Gasteiger partial charge in [-0.2, -0.15) is 0 Å². The van der Waals surface area contributed by atoms with Crippen LogP contribution in [0.25, 0.3) is 0 Å². The maximum absolute atomic E-state index is 6.04. The van der Waals surface area contributed by atoms with Gasteiger partial charge in [0.2, 0.25) is 0 Å². The molecule has 0 aliphatic carbocycles. The van der Waals surface area contributed by atoms with Crippen LogP contribution in [0.5, 0.6) is 0 Å². The van der Waals surface area contributed by atoms with Crippen molar-refractivity contribution in [2.45, 2.75) is 32.9 Å². The lowest BCUT2D eigenvalue weighted by Gasteiger charge is -2.20. The van der Waals surface area contributed by atoms with E-state index in [1.54, 1.807) is 12.5 Å². The molecule has 0 aliphatic rings. The fraction of sp³-hybridized carbons (Fsp3) is 0.583. The summed E-state index contributed by atoms with van der Waals surface area (Å²) in [5.41, 5.74) is 7.72. The van der Waals surface area contributed by atoms with Crippen molar-refractivity contribution in [2.24, 2.45) is 5.73 Å². The Morgan fingerprint density at radius 2 is 2.31 bits per heavy atom. The summed E-state index contributed by atoms with van der Waals surface area (Å²) in [7, 11) is 0.